The van der Waals surface area contributed by atoms with Gasteiger partial charge in [0.15, 0.2) is 0 Å². The molecule has 102 valence electrons. The quantitative estimate of drug-likeness (QED) is 0.887. The van der Waals surface area contributed by atoms with Crippen LogP contribution in [0.3, 0.4) is 0 Å². The summed E-state index contributed by atoms with van der Waals surface area (Å²) >= 11 is 0. The van der Waals surface area contributed by atoms with Crippen molar-refractivity contribution >= 4 is 12.4 Å². The van der Waals surface area contributed by atoms with Crippen molar-refractivity contribution in [2.75, 3.05) is 13.2 Å². The van der Waals surface area contributed by atoms with Crippen LogP contribution < -0.4 is 5.32 Å². The fourth-order valence-corrected chi connectivity index (χ4v) is 2.63. The molecule has 0 bridgehead atoms. The van der Waals surface area contributed by atoms with Crippen molar-refractivity contribution in [2.24, 2.45) is 0 Å². The van der Waals surface area contributed by atoms with E-state index in [2.05, 4.69) is 12.2 Å². The van der Waals surface area contributed by atoms with Crippen LogP contribution in [0.1, 0.15) is 32.3 Å². The van der Waals surface area contributed by atoms with Crippen molar-refractivity contribution in [1.82, 2.24) is 5.32 Å². The van der Waals surface area contributed by atoms with Crippen LogP contribution in [0.2, 0.25) is 0 Å². The van der Waals surface area contributed by atoms with Crippen molar-refractivity contribution in [2.45, 2.75) is 38.0 Å². The lowest BCUT2D eigenvalue weighted by Gasteiger charge is -2.48. The normalized spacial score (nSPS) is 31.7. The van der Waals surface area contributed by atoms with Crippen LogP contribution >= 0.6 is 12.4 Å². The Hall–Kier alpha value is -0.610. The van der Waals surface area contributed by atoms with Gasteiger partial charge in [-0.1, -0.05) is 43.7 Å². The predicted molar refractivity (Wildman–Crippen MR) is 74.9 cm³/mol. The van der Waals surface area contributed by atoms with Crippen molar-refractivity contribution < 1.29 is 9.84 Å². The maximum absolute atomic E-state index is 10.9. The maximum atomic E-state index is 10.9. The van der Waals surface area contributed by atoms with Gasteiger partial charge in [0.1, 0.15) is 0 Å². The first-order chi connectivity index (χ1) is 8.12. The molecular formula is C14H22ClNO2. The zero-order chi connectivity index (χ0) is 12.4. The second-order valence-electron chi connectivity index (χ2n) is 4.87. The van der Waals surface area contributed by atoms with Crippen molar-refractivity contribution in [1.29, 1.82) is 0 Å². The van der Waals surface area contributed by atoms with Gasteiger partial charge in [0.05, 0.1) is 12.1 Å². The van der Waals surface area contributed by atoms with Gasteiger partial charge < -0.3 is 15.2 Å². The van der Waals surface area contributed by atoms with E-state index in [1.165, 1.54) is 0 Å². The zero-order valence-electron chi connectivity index (χ0n) is 11.0. The second kappa shape index (κ2) is 6.02. The summed E-state index contributed by atoms with van der Waals surface area (Å²) in [6.45, 7) is 5.46. The summed E-state index contributed by atoms with van der Waals surface area (Å²) in [4.78, 5) is 0. The fraction of sp³-hybridized carbons (Fsp3) is 0.571. The van der Waals surface area contributed by atoms with Gasteiger partial charge in [0.2, 0.25) is 5.79 Å². The third kappa shape index (κ3) is 2.54. The van der Waals surface area contributed by atoms with E-state index in [1.54, 1.807) is 0 Å². The van der Waals surface area contributed by atoms with Crippen molar-refractivity contribution in [3.8, 4) is 0 Å². The minimum absolute atomic E-state index is 0. The number of ether oxygens (including phenoxy) is 1. The smallest absolute Gasteiger partial charge is 0.211 e. The lowest BCUT2D eigenvalue weighted by Crippen LogP contribution is -2.64. The summed E-state index contributed by atoms with van der Waals surface area (Å²) < 4.78 is 5.71. The van der Waals surface area contributed by atoms with Gasteiger partial charge in [0.25, 0.3) is 0 Å². The van der Waals surface area contributed by atoms with Crippen LogP contribution in [0.4, 0.5) is 0 Å². The zero-order valence-corrected chi connectivity index (χ0v) is 11.8. The Labute approximate surface area is 115 Å². The number of benzene rings is 1. The van der Waals surface area contributed by atoms with E-state index >= 15 is 0 Å². The molecule has 1 aromatic rings. The predicted octanol–water partition coefficient (Wildman–Crippen LogP) is 2.43. The number of rotatable bonds is 3. The lowest BCUT2D eigenvalue weighted by molar-refractivity contribution is -0.278. The molecule has 0 radical (unpaired) electrons. The number of hydrogen-bond donors (Lipinski definition) is 2. The molecule has 0 spiro atoms. The number of morpholine rings is 1. The van der Waals surface area contributed by atoms with E-state index in [-0.39, 0.29) is 12.4 Å². The molecule has 2 rings (SSSR count). The van der Waals surface area contributed by atoms with Gasteiger partial charge in [0, 0.05) is 12.1 Å². The highest BCUT2D eigenvalue weighted by molar-refractivity contribution is 5.85. The third-order valence-electron chi connectivity index (χ3n) is 3.59. The molecule has 0 aromatic heterocycles. The number of halogens is 1. The topological polar surface area (TPSA) is 41.5 Å². The molecule has 3 nitrogen and oxygen atoms in total. The second-order valence-corrected chi connectivity index (χ2v) is 4.87. The van der Waals surface area contributed by atoms with Gasteiger partial charge in [-0.2, -0.15) is 0 Å². The van der Waals surface area contributed by atoms with Crippen LogP contribution in [0.25, 0.3) is 0 Å². The molecule has 4 heteroatoms. The van der Waals surface area contributed by atoms with E-state index in [1.807, 2.05) is 37.3 Å². The van der Waals surface area contributed by atoms with Gasteiger partial charge >= 0.3 is 0 Å². The van der Waals surface area contributed by atoms with Gasteiger partial charge in [-0.3, -0.25) is 0 Å². The van der Waals surface area contributed by atoms with E-state index in [4.69, 9.17) is 4.74 Å². The minimum Gasteiger partial charge on any atom is -0.360 e. The summed E-state index contributed by atoms with van der Waals surface area (Å²) in [6.07, 6.45) is 1.88. The van der Waals surface area contributed by atoms with E-state index in [9.17, 15) is 5.11 Å². The highest BCUT2D eigenvalue weighted by Crippen LogP contribution is 2.39. The molecule has 1 heterocycles. The third-order valence-corrected chi connectivity index (χ3v) is 3.59. The molecule has 0 amide bonds. The average Bonchev–Trinajstić information content (AvgIpc) is 2.35. The fourth-order valence-electron chi connectivity index (χ4n) is 2.63. The van der Waals surface area contributed by atoms with E-state index in [0.717, 1.165) is 24.9 Å². The molecule has 2 atom stereocenters. The van der Waals surface area contributed by atoms with Crippen LogP contribution in [0.5, 0.6) is 0 Å². The molecule has 1 aromatic carbocycles. The first-order valence-corrected chi connectivity index (χ1v) is 6.29. The van der Waals surface area contributed by atoms with Crippen LogP contribution in [0.15, 0.2) is 30.3 Å². The first-order valence-electron chi connectivity index (χ1n) is 6.29. The molecule has 0 saturated carbocycles. The highest BCUT2D eigenvalue weighted by atomic mass is 35.5. The van der Waals surface area contributed by atoms with Gasteiger partial charge in [-0.05, 0) is 13.3 Å². The molecule has 1 aliphatic rings. The monoisotopic (exact) mass is 271 g/mol. The van der Waals surface area contributed by atoms with Crippen molar-refractivity contribution in [3.05, 3.63) is 35.9 Å². The Morgan fingerprint density at radius 2 is 2.00 bits per heavy atom. The Morgan fingerprint density at radius 3 is 2.61 bits per heavy atom. The Morgan fingerprint density at radius 1 is 1.33 bits per heavy atom. The molecule has 0 aliphatic carbocycles. The Kier molecular flexibility index (Phi) is 5.17. The van der Waals surface area contributed by atoms with Crippen molar-refractivity contribution in [3.63, 3.8) is 0 Å². The highest BCUT2D eigenvalue weighted by Gasteiger charge is 2.50. The molecule has 1 saturated heterocycles. The number of aliphatic hydroxyl groups is 1. The van der Waals surface area contributed by atoms with E-state index in [0.29, 0.717) is 6.61 Å². The standard InChI is InChI=1S/C14H21NO2.ClH/c1-3-9-13(2)14(16,17-11-10-15-13)12-7-5-4-6-8-12;/h4-8,15-16H,3,9-11H2,1-2H3;1H. The summed E-state index contributed by atoms with van der Waals surface area (Å²) in [6, 6.07) is 9.64. The molecule has 2 unspecified atom stereocenters. The summed E-state index contributed by atoms with van der Waals surface area (Å²) in [5.74, 6) is -1.23. The van der Waals surface area contributed by atoms with Crippen LogP contribution in [-0.4, -0.2) is 23.8 Å². The molecule has 18 heavy (non-hydrogen) atoms. The first kappa shape index (κ1) is 15.4. The Bertz CT molecular complexity index is 369. The molecule has 1 fully saturated rings. The largest absolute Gasteiger partial charge is 0.360 e. The van der Waals surface area contributed by atoms with Gasteiger partial charge in [-0.15, -0.1) is 12.4 Å². The SMILES string of the molecule is CCCC1(C)NCCOC1(O)c1ccccc1.Cl. The maximum Gasteiger partial charge on any atom is 0.211 e. The molecular weight excluding hydrogens is 250 g/mol. The summed E-state index contributed by atoms with van der Waals surface area (Å²) in [5, 5.41) is 14.3. The van der Waals surface area contributed by atoms with E-state index < -0.39 is 11.3 Å². The number of nitrogens with one attached hydrogen (secondary N) is 1. The number of hydrogen-bond acceptors (Lipinski definition) is 3. The summed E-state index contributed by atoms with van der Waals surface area (Å²) in [5.41, 5.74) is 0.393. The average molecular weight is 272 g/mol. The molecule has 2 N–H and O–H groups in total. The van der Waals surface area contributed by atoms with Crippen LogP contribution in [-0.2, 0) is 10.5 Å². The Balaban J connectivity index is 0.00000162. The summed E-state index contributed by atoms with van der Waals surface area (Å²) in [7, 11) is 0. The van der Waals surface area contributed by atoms with Gasteiger partial charge in [-0.25, -0.2) is 0 Å². The lowest BCUT2D eigenvalue weighted by atomic mass is 9.81. The molecule has 1 aliphatic heterocycles. The minimum atomic E-state index is -1.23. The van der Waals surface area contributed by atoms with Crippen LogP contribution in [0, 0.1) is 0 Å².